The molecule has 1 saturated heterocycles. The maximum absolute atomic E-state index is 5.43. The van der Waals surface area contributed by atoms with Crippen molar-refractivity contribution in [2.75, 3.05) is 32.8 Å². The van der Waals surface area contributed by atoms with Gasteiger partial charge in [0.1, 0.15) is 0 Å². The van der Waals surface area contributed by atoms with Gasteiger partial charge in [-0.2, -0.15) is 4.99 Å². The zero-order valence-electron chi connectivity index (χ0n) is 8.36. The molecular weight excluding hydrogens is 166 g/mol. The number of likely N-dealkylation sites (N-methyl/N-ethyl adjacent to an activating group) is 1. The summed E-state index contributed by atoms with van der Waals surface area (Å²) in [4.78, 5) is 10.3. The molecule has 0 aromatic rings. The summed E-state index contributed by atoms with van der Waals surface area (Å²) in [7, 11) is 0. The van der Waals surface area contributed by atoms with E-state index in [1.54, 1.807) is 0 Å². The number of hydrogen-bond donors (Lipinski definition) is 0. The van der Waals surface area contributed by atoms with Gasteiger partial charge in [-0.25, -0.2) is 4.99 Å². The van der Waals surface area contributed by atoms with Crippen LogP contribution >= 0.6 is 0 Å². The average Bonchev–Trinajstić information content (AvgIpc) is 2.19. The lowest BCUT2D eigenvalue weighted by Crippen LogP contribution is -2.41. The Hall–Kier alpha value is -0.700. The lowest BCUT2D eigenvalue weighted by atomic mass is 10.4. The van der Waals surface area contributed by atoms with E-state index >= 15 is 0 Å². The van der Waals surface area contributed by atoms with Crippen molar-refractivity contribution in [2.45, 2.75) is 20.1 Å². The highest BCUT2D eigenvalue weighted by atomic mass is 16.5. The molecule has 1 aliphatic rings. The van der Waals surface area contributed by atoms with E-state index in [4.69, 9.17) is 4.74 Å². The van der Waals surface area contributed by atoms with E-state index in [2.05, 4.69) is 27.8 Å². The molecule has 4 nitrogen and oxygen atoms in total. The molecule has 1 aliphatic heterocycles. The fourth-order valence-corrected chi connectivity index (χ4v) is 1.22. The quantitative estimate of drug-likeness (QED) is 0.608. The molecule has 4 heteroatoms. The van der Waals surface area contributed by atoms with Crippen molar-refractivity contribution in [3.8, 4) is 0 Å². The second-order valence-corrected chi connectivity index (χ2v) is 2.92. The number of aliphatic imine (C=N–C) groups is 2. The van der Waals surface area contributed by atoms with Gasteiger partial charge in [0.2, 0.25) is 0 Å². The second-order valence-electron chi connectivity index (χ2n) is 2.92. The molecule has 0 bridgehead atoms. The van der Waals surface area contributed by atoms with Crippen LogP contribution in [-0.2, 0) is 4.74 Å². The van der Waals surface area contributed by atoms with Gasteiger partial charge in [0.15, 0.2) is 6.23 Å². The number of nitrogens with zero attached hydrogens (tertiary/aromatic N) is 3. The van der Waals surface area contributed by atoms with E-state index in [9.17, 15) is 0 Å². The minimum atomic E-state index is -0.0657. The Morgan fingerprint density at radius 2 is 2.38 bits per heavy atom. The van der Waals surface area contributed by atoms with Crippen molar-refractivity contribution in [1.29, 1.82) is 0 Å². The minimum absolute atomic E-state index is 0.0657. The summed E-state index contributed by atoms with van der Waals surface area (Å²) in [5.41, 5.74) is 0. The summed E-state index contributed by atoms with van der Waals surface area (Å²) in [5, 5.41) is 0. The van der Waals surface area contributed by atoms with Gasteiger partial charge in [-0.05, 0) is 13.5 Å². The van der Waals surface area contributed by atoms with Crippen LogP contribution in [0, 0.1) is 0 Å². The maximum Gasteiger partial charge on any atom is 0.171 e. The van der Waals surface area contributed by atoms with E-state index in [0.29, 0.717) is 0 Å². The van der Waals surface area contributed by atoms with Gasteiger partial charge in [0, 0.05) is 19.6 Å². The Labute approximate surface area is 79.3 Å². The summed E-state index contributed by atoms with van der Waals surface area (Å²) in [6.07, 6.45) is -0.0657. The third-order valence-corrected chi connectivity index (χ3v) is 2.01. The van der Waals surface area contributed by atoms with Gasteiger partial charge in [-0.3, -0.25) is 4.90 Å². The van der Waals surface area contributed by atoms with E-state index < -0.39 is 0 Å². The summed E-state index contributed by atoms with van der Waals surface area (Å²) in [5.74, 6) is 0. The van der Waals surface area contributed by atoms with Gasteiger partial charge >= 0.3 is 0 Å². The lowest BCUT2D eigenvalue weighted by Gasteiger charge is -2.28. The van der Waals surface area contributed by atoms with Crippen LogP contribution in [-0.4, -0.2) is 49.9 Å². The van der Waals surface area contributed by atoms with E-state index in [1.807, 2.05) is 6.92 Å². The summed E-state index contributed by atoms with van der Waals surface area (Å²) >= 11 is 0. The Kier molecular flexibility index (Phi) is 4.68. The van der Waals surface area contributed by atoms with Crippen LogP contribution < -0.4 is 0 Å². The zero-order chi connectivity index (χ0) is 9.52. The van der Waals surface area contributed by atoms with Crippen molar-refractivity contribution in [3.05, 3.63) is 0 Å². The molecule has 0 aromatic carbocycles. The molecule has 0 aromatic heterocycles. The molecule has 1 atom stereocenters. The van der Waals surface area contributed by atoms with E-state index in [-0.39, 0.29) is 6.23 Å². The van der Waals surface area contributed by atoms with Crippen LogP contribution in [0.5, 0.6) is 0 Å². The van der Waals surface area contributed by atoms with Crippen molar-refractivity contribution in [2.24, 2.45) is 9.98 Å². The Bertz CT molecular complexity index is 199. The van der Waals surface area contributed by atoms with E-state index in [1.165, 1.54) is 0 Å². The van der Waals surface area contributed by atoms with Gasteiger partial charge in [-0.15, -0.1) is 0 Å². The molecule has 0 aliphatic carbocycles. The molecule has 0 amide bonds. The molecule has 1 unspecified atom stereocenters. The normalized spacial score (nSPS) is 23.7. The van der Waals surface area contributed by atoms with Gasteiger partial charge in [-0.1, -0.05) is 6.92 Å². The molecule has 13 heavy (non-hydrogen) atoms. The molecule has 0 N–H and O–H groups in total. The van der Waals surface area contributed by atoms with E-state index in [0.717, 1.165) is 32.8 Å². The van der Waals surface area contributed by atoms with Gasteiger partial charge < -0.3 is 4.74 Å². The molecule has 0 radical (unpaired) electrons. The number of hydrogen-bond acceptors (Lipinski definition) is 4. The number of rotatable bonds is 3. The maximum atomic E-state index is 5.43. The van der Waals surface area contributed by atoms with Crippen LogP contribution in [0.1, 0.15) is 13.8 Å². The Morgan fingerprint density at radius 1 is 1.54 bits per heavy atom. The SMILES string of the molecule is CCN=C=NC1CN(CC)CCO1. The summed E-state index contributed by atoms with van der Waals surface area (Å²) in [6, 6.07) is 2.65. The average molecular weight is 183 g/mol. The highest BCUT2D eigenvalue weighted by molar-refractivity contribution is 5.41. The molecule has 1 rings (SSSR count). The van der Waals surface area contributed by atoms with Crippen molar-refractivity contribution in [1.82, 2.24) is 4.90 Å². The third kappa shape index (κ3) is 3.68. The van der Waals surface area contributed by atoms with Crippen molar-refractivity contribution >= 4 is 6.01 Å². The topological polar surface area (TPSA) is 37.2 Å². The molecule has 1 heterocycles. The monoisotopic (exact) mass is 183 g/mol. The van der Waals surface area contributed by atoms with Crippen LogP contribution in [0.2, 0.25) is 0 Å². The first-order valence-corrected chi connectivity index (χ1v) is 4.82. The Morgan fingerprint density at radius 3 is 3.08 bits per heavy atom. The van der Waals surface area contributed by atoms with Crippen molar-refractivity contribution in [3.63, 3.8) is 0 Å². The number of morpholine rings is 1. The predicted octanol–water partition coefficient (Wildman–Crippen LogP) is 0.858. The Balaban J connectivity index is 2.38. The van der Waals surface area contributed by atoms with Crippen LogP contribution in [0.15, 0.2) is 9.98 Å². The first-order valence-electron chi connectivity index (χ1n) is 4.82. The zero-order valence-corrected chi connectivity index (χ0v) is 8.36. The van der Waals surface area contributed by atoms with Gasteiger partial charge in [0.05, 0.1) is 12.6 Å². The second kappa shape index (κ2) is 5.86. The standard InChI is InChI=1S/C9H17N3O/c1-3-10-8-11-9-7-12(4-2)5-6-13-9/h9H,3-7H2,1-2H3. The first-order chi connectivity index (χ1) is 6.36. The largest absolute Gasteiger partial charge is 0.353 e. The molecule has 1 fully saturated rings. The van der Waals surface area contributed by atoms with Crippen LogP contribution in [0.3, 0.4) is 0 Å². The van der Waals surface area contributed by atoms with Crippen molar-refractivity contribution < 1.29 is 4.74 Å². The fourth-order valence-electron chi connectivity index (χ4n) is 1.22. The highest BCUT2D eigenvalue weighted by Gasteiger charge is 2.17. The molecule has 0 spiro atoms. The third-order valence-electron chi connectivity index (χ3n) is 2.01. The summed E-state index contributed by atoms with van der Waals surface area (Å²) in [6.45, 7) is 8.52. The van der Waals surface area contributed by atoms with Crippen LogP contribution in [0.25, 0.3) is 0 Å². The molecular formula is C9H17N3O. The number of ether oxygens (including phenoxy) is 1. The predicted molar refractivity (Wildman–Crippen MR) is 52.3 cm³/mol. The lowest BCUT2D eigenvalue weighted by molar-refractivity contribution is -0.0209. The smallest absolute Gasteiger partial charge is 0.171 e. The molecule has 74 valence electrons. The first kappa shape index (κ1) is 10.4. The van der Waals surface area contributed by atoms with Gasteiger partial charge in [0.25, 0.3) is 0 Å². The summed E-state index contributed by atoms with van der Waals surface area (Å²) < 4.78 is 5.43. The highest BCUT2D eigenvalue weighted by Crippen LogP contribution is 2.04. The fraction of sp³-hybridized carbons (Fsp3) is 0.889. The molecule has 0 saturated carbocycles. The van der Waals surface area contributed by atoms with Crippen LogP contribution in [0.4, 0.5) is 0 Å². The minimum Gasteiger partial charge on any atom is -0.353 e.